The second kappa shape index (κ2) is 5.49. The lowest BCUT2D eigenvalue weighted by Crippen LogP contribution is -2.03. The first-order chi connectivity index (χ1) is 9.54. The van der Waals surface area contributed by atoms with Gasteiger partial charge in [-0.15, -0.1) is 0 Å². The summed E-state index contributed by atoms with van der Waals surface area (Å²) in [4.78, 5) is 0. The molecule has 0 aliphatic carbocycles. The van der Waals surface area contributed by atoms with Gasteiger partial charge in [0, 0.05) is 5.56 Å². The van der Waals surface area contributed by atoms with Crippen LogP contribution < -0.4 is 5.73 Å². The van der Waals surface area contributed by atoms with Crippen molar-refractivity contribution in [2.45, 2.75) is 0 Å². The van der Waals surface area contributed by atoms with Gasteiger partial charge in [0.1, 0.15) is 6.07 Å². The Balaban J connectivity index is 2.61. The normalized spacial score (nSPS) is 11.7. The van der Waals surface area contributed by atoms with E-state index in [9.17, 15) is 13.2 Å². The van der Waals surface area contributed by atoms with Crippen LogP contribution in [-0.2, 0) is 0 Å². The predicted molar refractivity (Wildman–Crippen MR) is 69.4 cm³/mol. The summed E-state index contributed by atoms with van der Waals surface area (Å²) in [5, 5.41) is 9.15. The molecule has 0 heterocycles. The molecule has 5 heteroatoms. The SMILES string of the molecule is N#C/C(=C(/N)c1cc(F)c(F)c(F)c1)c1ccccc1. The van der Waals surface area contributed by atoms with Crippen molar-refractivity contribution in [2.24, 2.45) is 5.73 Å². The van der Waals surface area contributed by atoms with E-state index in [4.69, 9.17) is 11.0 Å². The van der Waals surface area contributed by atoms with Crippen LogP contribution in [0.4, 0.5) is 13.2 Å². The summed E-state index contributed by atoms with van der Waals surface area (Å²) in [6.45, 7) is 0. The molecule has 0 fully saturated rings. The maximum atomic E-state index is 13.2. The highest BCUT2D eigenvalue weighted by molar-refractivity contribution is 5.95. The van der Waals surface area contributed by atoms with E-state index in [0.29, 0.717) is 5.56 Å². The fourth-order valence-electron chi connectivity index (χ4n) is 1.74. The molecule has 0 spiro atoms. The molecule has 2 rings (SSSR count). The van der Waals surface area contributed by atoms with Crippen molar-refractivity contribution in [2.75, 3.05) is 0 Å². The van der Waals surface area contributed by atoms with Crippen LogP contribution in [0.25, 0.3) is 11.3 Å². The first-order valence-electron chi connectivity index (χ1n) is 5.64. The summed E-state index contributed by atoms with van der Waals surface area (Å²) in [5.41, 5.74) is 6.15. The van der Waals surface area contributed by atoms with Crippen LogP contribution in [0.1, 0.15) is 11.1 Å². The molecule has 0 saturated carbocycles. The fourth-order valence-corrected chi connectivity index (χ4v) is 1.74. The Morgan fingerprint density at radius 2 is 1.50 bits per heavy atom. The number of hydrogen-bond donors (Lipinski definition) is 1. The minimum absolute atomic E-state index is 0.0657. The standard InChI is InChI=1S/C15H9F3N2/c16-12-6-10(7-13(17)14(12)18)15(20)11(8-19)9-4-2-1-3-5-9/h1-7H,20H2/b15-11-. The van der Waals surface area contributed by atoms with Gasteiger partial charge in [-0.05, 0) is 17.7 Å². The van der Waals surface area contributed by atoms with Gasteiger partial charge in [0.15, 0.2) is 17.5 Å². The molecule has 2 aromatic carbocycles. The van der Waals surface area contributed by atoms with Crippen molar-refractivity contribution in [3.05, 3.63) is 71.0 Å². The van der Waals surface area contributed by atoms with Gasteiger partial charge in [0.05, 0.1) is 11.3 Å². The van der Waals surface area contributed by atoms with Crippen molar-refractivity contribution < 1.29 is 13.2 Å². The zero-order chi connectivity index (χ0) is 14.7. The van der Waals surface area contributed by atoms with Gasteiger partial charge in [0.25, 0.3) is 0 Å². The van der Waals surface area contributed by atoms with Crippen LogP contribution in [0.15, 0.2) is 42.5 Å². The second-order valence-electron chi connectivity index (χ2n) is 4.02. The number of rotatable bonds is 2. The number of allylic oxidation sites excluding steroid dienone is 1. The average Bonchev–Trinajstić information content (AvgIpc) is 2.46. The molecule has 0 amide bonds. The van der Waals surface area contributed by atoms with Gasteiger partial charge in [0.2, 0.25) is 0 Å². The van der Waals surface area contributed by atoms with Gasteiger partial charge in [-0.2, -0.15) is 5.26 Å². The molecule has 0 aliphatic rings. The van der Waals surface area contributed by atoms with Gasteiger partial charge in [-0.3, -0.25) is 0 Å². The van der Waals surface area contributed by atoms with E-state index < -0.39 is 17.5 Å². The van der Waals surface area contributed by atoms with Crippen molar-refractivity contribution in [3.63, 3.8) is 0 Å². The van der Waals surface area contributed by atoms with Crippen molar-refractivity contribution in [1.29, 1.82) is 5.26 Å². The van der Waals surface area contributed by atoms with Gasteiger partial charge >= 0.3 is 0 Å². The van der Waals surface area contributed by atoms with Crippen LogP contribution in [0.3, 0.4) is 0 Å². The van der Waals surface area contributed by atoms with Crippen LogP contribution in [0.2, 0.25) is 0 Å². The summed E-state index contributed by atoms with van der Waals surface area (Å²) in [6, 6.07) is 11.8. The molecule has 2 aromatic rings. The number of nitriles is 1. The monoisotopic (exact) mass is 274 g/mol. The molecule has 0 atom stereocenters. The Labute approximate surface area is 113 Å². The Morgan fingerprint density at radius 1 is 0.950 bits per heavy atom. The number of nitrogens with two attached hydrogens (primary N) is 1. The zero-order valence-electron chi connectivity index (χ0n) is 10.2. The van der Waals surface area contributed by atoms with Gasteiger partial charge < -0.3 is 5.73 Å². The first-order valence-corrected chi connectivity index (χ1v) is 5.64. The quantitative estimate of drug-likeness (QED) is 0.518. The summed E-state index contributed by atoms with van der Waals surface area (Å²) in [6.07, 6.45) is 0. The Hall–Kier alpha value is -2.74. The van der Waals surface area contributed by atoms with Crippen LogP contribution >= 0.6 is 0 Å². The molecule has 0 bridgehead atoms. The third-order valence-corrected chi connectivity index (χ3v) is 2.74. The highest BCUT2D eigenvalue weighted by Crippen LogP contribution is 2.24. The highest BCUT2D eigenvalue weighted by atomic mass is 19.2. The first kappa shape index (κ1) is 13.7. The number of nitrogens with zero attached hydrogens (tertiary/aromatic N) is 1. The van der Waals surface area contributed by atoms with E-state index in [1.165, 1.54) is 0 Å². The number of benzene rings is 2. The second-order valence-corrected chi connectivity index (χ2v) is 4.02. The Kier molecular flexibility index (Phi) is 3.76. The minimum atomic E-state index is -1.57. The van der Waals surface area contributed by atoms with Gasteiger partial charge in [-0.1, -0.05) is 30.3 Å². The average molecular weight is 274 g/mol. The van der Waals surface area contributed by atoms with Crippen LogP contribution in [-0.4, -0.2) is 0 Å². The molecule has 0 aromatic heterocycles. The van der Waals surface area contributed by atoms with E-state index >= 15 is 0 Å². The van der Waals surface area contributed by atoms with Gasteiger partial charge in [-0.25, -0.2) is 13.2 Å². The fraction of sp³-hybridized carbons (Fsp3) is 0. The largest absolute Gasteiger partial charge is 0.397 e. The highest BCUT2D eigenvalue weighted by Gasteiger charge is 2.14. The molecule has 2 nitrogen and oxygen atoms in total. The molecule has 0 aliphatic heterocycles. The molecule has 20 heavy (non-hydrogen) atoms. The summed E-state index contributed by atoms with van der Waals surface area (Å²) in [5.74, 6) is -4.28. The van der Waals surface area contributed by atoms with Crippen LogP contribution in [0, 0.1) is 28.8 Å². The predicted octanol–water partition coefficient (Wildman–Crippen LogP) is 3.45. The molecule has 100 valence electrons. The van der Waals surface area contributed by atoms with Crippen molar-refractivity contribution in [3.8, 4) is 6.07 Å². The molecule has 0 unspecified atom stereocenters. The third-order valence-electron chi connectivity index (χ3n) is 2.74. The Bertz CT molecular complexity index is 693. The van der Waals surface area contributed by atoms with E-state index in [-0.39, 0.29) is 16.8 Å². The summed E-state index contributed by atoms with van der Waals surface area (Å²) >= 11 is 0. The van der Waals surface area contributed by atoms with E-state index in [1.807, 2.05) is 6.07 Å². The molecule has 0 radical (unpaired) electrons. The minimum Gasteiger partial charge on any atom is -0.397 e. The van der Waals surface area contributed by atoms with Crippen molar-refractivity contribution >= 4 is 11.3 Å². The van der Waals surface area contributed by atoms with E-state index in [2.05, 4.69) is 0 Å². The number of halogens is 3. The lowest BCUT2D eigenvalue weighted by Gasteiger charge is -2.07. The molecule has 2 N–H and O–H groups in total. The van der Waals surface area contributed by atoms with E-state index in [1.54, 1.807) is 30.3 Å². The maximum Gasteiger partial charge on any atom is 0.194 e. The topological polar surface area (TPSA) is 49.8 Å². The maximum absolute atomic E-state index is 13.2. The van der Waals surface area contributed by atoms with Crippen molar-refractivity contribution in [1.82, 2.24) is 0 Å². The molecular weight excluding hydrogens is 265 g/mol. The Morgan fingerprint density at radius 3 is 2.00 bits per heavy atom. The third kappa shape index (κ3) is 2.50. The smallest absolute Gasteiger partial charge is 0.194 e. The molecule has 0 saturated heterocycles. The molecular formula is C15H9F3N2. The lowest BCUT2D eigenvalue weighted by atomic mass is 10.0. The number of hydrogen-bond acceptors (Lipinski definition) is 2. The summed E-state index contributed by atoms with van der Waals surface area (Å²) in [7, 11) is 0. The lowest BCUT2D eigenvalue weighted by molar-refractivity contribution is 0.446. The zero-order valence-corrected chi connectivity index (χ0v) is 10.2. The summed E-state index contributed by atoms with van der Waals surface area (Å²) < 4.78 is 39.3. The van der Waals surface area contributed by atoms with Crippen LogP contribution in [0.5, 0.6) is 0 Å². The van der Waals surface area contributed by atoms with E-state index in [0.717, 1.165) is 12.1 Å².